The maximum absolute atomic E-state index is 13.5. The van der Waals surface area contributed by atoms with Gasteiger partial charge in [-0.05, 0) is 42.3 Å². The summed E-state index contributed by atoms with van der Waals surface area (Å²) in [5.41, 5.74) is 2.19. The number of carbonyl (C=O) groups excluding carboxylic acids is 2. The highest BCUT2D eigenvalue weighted by atomic mass is 19.1. The molecule has 0 N–H and O–H groups in total. The lowest BCUT2D eigenvalue weighted by molar-refractivity contribution is -0.136. The lowest BCUT2D eigenvalue weighted by Gasteiger charge is -2.17. The second kappa shape index (κ2) is 7.31. The average molecular weight is 352 g/mol. The Balaban J connectivity index is 2.03. The van der Waals surface area contributed by atoms with Gasteiger partial charge in [-0.2, -0.15) is 0 Å². The lowest BCUT2D eigenvalue weighted by atomic mass is 10.0. The second-order valence-electron chi connectivity index (χ2n) is 5.82. The third-order valence-electron chi connectivity index (χ3n) is 4.12. The molecule has 1 aliphatic rings. The van der Waals surface area contributed by atoms with Crippen molar-refractivity contribution in [3.8, 4) is 0 Å². The number of amides is 1. The Kier molecular flexibility index (Phi) is 4.93. The van der Waals surface area contributed by atoms with Crippen molar-refractivity contribution < 1.29 is 18.7 Å². The molecule has 1 aromatic heterocycles. The zero-order valence-electron chi connectivity index (χ0n) is 14.4. The zero-order valence-corrected chi connectivity index (χ0v) is 14.4. The molecular formula is C20H17FN2O3. The molecule has 132 valence electrons. The molecule has 5 nitrogen and oxygen atoms in total. The van der Waals surface area contributed by atoms with E-state index in [1.165, 1.54) is 30.2 Å². The number of rotatable bonds is 4. The van der Waals surface area contributed by atoms with E-state index in [1.807, 2.05) is 6.07 Å². The highest BCUT2D eigenvalue weighted by Gasteiger charge is 2.36. The lowest BCUT2D eigenvalue weighted by Crippen LogP contribution is -2.24. The highest BCUT2D eigenvalue weighted by Crippen LogP contribution is 2.32. The predicted octanol–water partition coefficient (Wildman–Crippen LogP) is 3.09. The van der Waals surface area contributed by atoms with Gasteiger partial charge in [-0.25, -0.2) is 9.18 Å². The molecule has 1 aromatic carbocycles. The fraction of sp³-hybridized carbons (Fsp3) is 0.150. The first-order chi connectivity index (χ1) is 12.5. The highest BCUT2D eigenvalue weighted by molar-refractivity contribution is 6.16. The van der Waals surface area contributed by atoms with E-state index in [4.69, 9.17) is 4.74 Å². The van der Waals surface area contributed by atoms with Crippen LogP contribution in [0.4, 0.5) is 4.39 Å². The summed E-state index contributed by atoms with van der Waals surface area (Å²) in [4.78, 5) is 30.7. The van der Waals surface area contributed by atoms with Crippen molar-refractivity contribution in [3.05, 3.63) is 82.6 Å². The quantitative estimate of drug-likeness (QED) is 0.627. The minimum absolute atomic E-state index is 0.184. The minimum Gasteiger partial charge on any atom is -0.465 e. The summed E-state index contributed by atoms with van der Waals surface area (Å²) in [5.74, 6) is -1.36. The third-order valence-corrected chi connectivity index (χ3v) is 4.12. The molecule has 0 bridgehead atoms. The van der Waals surface area contributed by atoms with Crippen molar-refractivity contribution in [2.75, 3.05) is 7.11 Å². The number of aromatic nitrogens is 1. The van der Waals surface area contributed by atoms with E-state index in [-0.39, 0.29) is 23.6 Å². The molecule has 2 heterocycles. The standard InChI is InChI=1S/C20H17FN2O3/c1-13-18(20(25)26-2)17(10-14-5-3-7-16(21)9-14)19(24)23(13)12-15-6-4-8-22-11-15/h3-11H,12H2,1-2H3. The van der Waals surface area contributed by atoms with E-state index in [0.29, 0.717) is 11.3 Å². The number of ether oxygens (including phenoxy) is 1. The van der Waals surface area contributed by atoms with Crippen LogP contribution < -0.4 is 0 Å². The number of carbonyl (C=O) groups is 2. The molecule has 0 saturated heterocycles. The normalized spacial score (nSPS) is 15.7. The Bertz CT molecular complexity index is 920. The van der Waals surface area contributed by atoms with Crippen LogP contribution in [0.25, 0.3) is 6.08 Å². The van der Waals surface area contributed by atoms with Gasteiger partial charge in [-0.1, -0.05) is 18.2 Å². The van der Waals surface area contributed by atoms with Gasteiger partial charge in [0.2, 0.25) is 0 Å². The van der Waals surface area contributed by atoms with E-state index in [0.717, 1.165) is 5.56 Å². The molecule has 0 unspecified atom stereocenters. The number of esters is 1. The fourth-order valence-electron chi connectivity index (χ4n) is 2.86. The van der Waals surface area contributed by atoms with Crippen molar-refractivity contribution in [1.29, 1.82) is 0 Å². The fourth-order valence-corrected chi connectivity index (χ4v) is 2.86. The van der Waals surface area contributed by atoms with Gasteiger partial charge in [0.25, 0.3) is 5.91 Å². The number of halogens is 1. The van der Waals surface area contributed by atoms with Crippen LogP contribution >= 0.6 is 0 Å². The third kappa shape index (κ3) is 3.39. The van der Waals surface area contributed by atoms with Crippen molar-refractivity contribution in [1.82, 2.24) is 9.88 Å². The Labute approximate surface area is 150 Å². The number of nitrogens with zero attached hydrogens (tertiary/aromatic N) is 2. The van der Waals surface area contributed by atoms with E-state index in [9.17, 15) is 14.0 Å². The molecule has 0 aliphatic carbocycles. The first-order valence-corrected chi connectivity index (χ1v) is 7.99. The number of hydrogen-bond acceptors (Lipinski definition) is 4. The Hall–Kier alpha value is -3.28. The van der Waals surface area contributed by atoms with Crippen LogP contribution in [-0.4, -0.2) is 28.9 Å². The maximum Gasteiger partial charge on any atom is 0.340 e. The van der Waals surface area contributed by atoms with Gasteiger partial charge in [0.05, 0.1) is 24.8 Å². The van der Waals surface area contributed by atoms with Crippen molar-refractivity contribution in [3.63, 3.8) is 0 Å². The second-order valence-corrected chi connectivity index (χ2v) is 5.82. The molecular weight excluding hydrogens is 335 g/mol. The van der Waals surface area contributed by atoms with E-state index < -0.39 is 11.8 Å². The number of hydrogen-bond donors (Lipinski definition) is 0. The van der Waals surface area contributed by atoms with Crippen molar-refractivity contribution in [2.24, 2.45) is 0 Å². The van der Waals surface area contributed by atoms with Crippen LogP contribution in [0.2, 0.25) is 0 Å². The molecule has 26 heavy (non-hydrogen) atoms. The summed E-state index contributed by atoms with van der Waals surface area (Å²) in [6.07, 6.45) is 4.81. The van der Waals surface area contributed by atoms with E-state index in [1.54, 1.807) is 37.5 Å². The van der Waals surface area contributed by atoms with Crippen LogP contribution in [0, 0.1) is 5.82 Å². The topological polar surface area (TPSA) is 59.5 Å². The average Bonchev–Trinajstić information content (AvgIpc) is 2.86. The molecule has 0 radical (unpaired) electrons. The van der Waals surface area contributed by atoms with Crippen LogP contribution in [-0.2, 0) is 20.9 Å². The van der Waals surface area contributed by atoms with Crippen LogP contribution in [0.15, 0.2) is 65.6 Å². The molecule has 0 fully saturated rings. The molecule has 0 atom stereocenters. The van der Waals surface area contributed by atoms with Crippen LogP contribution in [0.3, 0.4) is 0 Å². The summed E-state index contributed by atoms with van der Waals surface area (Å²) in [6, 6.07) is 9.45. The van der Waals surface area contributed by atoms with Crippen molar-refractivity contribution >= 4 is 18.0 Å². The predicted molar refractivity (Wildman–Crippen MR) is 93.9 cm³/mol. The summed E-state index contributed by atoms with van der Waals surface area (Å²) < 4.78 is 18.3. The summed E-state index contributed by atoms with van der Waals surface area (Å²) >= 11 is 0. The minimum atomic E-state index is -0.604. The smallest absolute Gasteiger partial charge is 0.340 e. The van der Waals surface area contributed by atoms with Crippen molar-refractivity contribution in [2.45, 2.75) is 13.5 Å². The Morgan fingerprint density at radius 2 is 2.12 bits per heavy atom. The largest absolute Gasteiger partial charge is 0.465 e. The monoisotopic (exact) mass is 352 g/mol. The molecule has 1 aliphatic heterocycles. The van der Waals surface area contributed by atoms with Gasteiger partial charge < -0.3 is 9.64 Å². The van der Waals surface area contributed by atoms with Gasteiger partial charge in [0.15, 0.2) is 0 Å². The van der Waals surface area contributed by atoms with Gasteiger partial charge in [-0.3, -0.25) is 9.78 Å². The first-order valence-electron chi connectivity index (χ1n) is 7.99. The van der Waals surface area contributed by atoms with E-state index >= 15 is 0 Å². The first kappa shape index (κ1) is 17.5. The molecule has 1 amide bonds. The van der Waals surface area contributed by atoms with Crippen LogP contribution in [0.5, 0.6) is 0 Å². The number of benzene rings is 1. The summed E-state index contributed by atoms with van der Waals surface area (Å²) in [6.45, 7) is 1.96. The summed E-state index contributed by atoms with van der Waals surface area (Å²) in [5, 5.41) is 0. The van der Waals surface area contributed by atoms with Gasteiger partial charge >= 0.3 is 5.97 Å². The Morgan fingerprint density at radius 1 is 1.31 bits per heavy atom. The molecule has 0 saturated carbocycles. The number of methoxy groups -OCH3 is 1. The van der Waals surface area contributed by atoms with Crippen LogP contribution in [0.1, 0.15) is 18.1 Å². The Morgan fingerprint density at radius 3 is 2.77 bits per heavy atom. The molecule has 3 rings (SSSR count). The summed E-state index contributed by atoms with van der Waals surface area (Å²) in [7, 11) is 1.26. The zero-order chi connectivity index (χ0) is 18.7. The molecule has 6 heteroatoms. The molecule has 0 spiro atoms. The van der Waals surface area contributed by atoms with Gasteiger partial charge in [0.1, 0.15) is 5.82 Å². The number of allylic oxidation sites excluding steroid dienone is 1. The van der Waals surface area contributed by atoms with Gasteiger partial charge in [-0.15, -0.1) is 0 Å². The number of pyridine rings is 1. The maximum atomic E-state index is 13.5. The van der Waals surface area contributed by atoms with Gasteiger partial charge in [0, 0.05) is 18.1 Å². The molecule has 2 aromatic rings. The van der Waals surface area contributed by atoms with E-state index in [2.05, 4.69) is 4.98 Å². The SMILES string of the molecule is COC(=O)C1=C(C)N(Cc2cccnc2)C(=O)C1=Cc1cccc(F)c1.